The van der Waals surface area contributed by atoms with Crippen molar-refractivity contribution < 1.29 is 4.39 Å². The van der Waals surface area contributed by atoms with E-state index < -0.39 is 0 Å². The molecule has 0 radical (unpaired) electrons. The van der Waals surface area contributed by atoms with Crippen LogP contribution in [-0.2, 0) is 6.54 Å². The summed E-state index contributed by atoms with van der Waals surface area (Å²) in [7, 11) is 0. The molecule has 0 atom stereocenters. The van der Waals surface area contributed by atoms with E-state index >= 15 is 0 Å². The quantitative estimate of drug-likeness (QED) is 0.622. The molecule has 3 aromatic rings. The highest BCUT2D eigenvalue weighted by Crippen LogP contribution is 2.17. The summed E-state index contributed by atoms with van der Waals surface area (Å²) < 4.78 is 15.4. The molecule has 6 heteroatoms. The largest absolute Gasteiger partial charge is 0.332 e. The molecule has 2 N–H and O–H groups in total. The molecule has 0 unspecified atom stereocenters. The van der Waals surface area contributed by atoms with Gasteiger partial charge in [0, 0.05) is 23.5 Å². The highest BCUT2D eigenvalue weighted by atomic mass is 32.1. The number of thiocarbonyl (C=S) groups is 1. The second-order valence-corrected chi connectivity index (χ2v) is 6.75. The first-order valence-corrected chi connectivity index (χ1v) is 8.87. The molecule has 0 amide bonds. The van der Waals surface area contributed by atoms with Crippen LogP contribution in [-0.4, -0.2) is 14.9 Å². The van der Waals surface area contributed by atoms with E-state index in [9.17, 15) is 4.39 Å². The Kier molecular flexibility index (Phi) is 5.63. The molecule has 2 aromatic carbocycles. The summed E-state index contributed by atoms with van der Waals surface area (Å²) in [6, 6.07) is 16.6. The summed E-state index contributed by atoms with van der Waals surface area (Å²) in [6.45, 7) is 4.68. The van der Waals surface area contributed by atoms with Gasteiger partial charge in [-0.15, -0.1) is 0 Å². The van der Waals surface area contributed by atoms with Crippen molar-refractivity contribution >= 4 is 28.8 Å². The average Bonchev–Trinajstić information content (AvgIpc) is 3.04. The number of halogens is 1. The molecule has 0 aliphatic rings. The number of hydrogen-bond acceptors (Lipinski definition) is 2. The fourth-order valence-corrected chi connectivity index (χ4v) is 2.77. The molecule has 0 bridgehead atoms. The predicted octanol–water partition coefficient (Wildman–Crippen LogP) is 5.00. The number of anilines is 2. The third-order valence-electron chi connectivity index (χ3n) is 4.01. The van der Waals surface area contributed by atoms with Crippen LogP contribution >= 0.6 is 12.2 Å². The highest BCUT2D eigenvalue weighted by molar-refractivity contribution is 7.80. The van der Waals surface area contributed by atoms with E-state index in [1.54, 1.807) is 29.1 Å². The lowest BCUT2D eigenvalue weighted by atomic mass is 10.0. The van der Waals surface area contributed by atoms with Crippen LogP contribution in [0.2, 0.25) is 0 Å². The van der Waals surface area contributed by atoms with Crippen LogP contribution in [0, 0.1) is 5.82 Å². The summed E-state index contributed by atoms with van der Waals surface area (Å²) in [5.41, 5.74) is 2.78. The van der Waals surface area contributed by atoms with Gasteiger partial charge < -0.3 is 10.6 Å². The van der Waals surface area contributed by atoms with E-state index in [0.717, 1.165) is 5.69 Å². The van der Waals surface area contributed by atoms with Gasteiger partial charge >= 0.3 is 0 Å². The molecule has 0 fully saturated rings. The van der Waals surface area contributed by atoms with E-state index in [0.29, 0.717) is 29.0 Å². The number of benzene rings is 2. The van der Waals surface area contributed by atoms with Crippen LogP contribution in [0.1, 0.15) is 30.9 Å². The van der Waals surface area contributed by atoms with Gasteiger partial charge in [-0.25, -0.2) is 4.39 Å². The molecular formula is C20H21FN4S. The third kappa shape index (κ3) is 4.67. The Bertz CT molecular complexity index is 887. The summed E-state index contributed by atoms with van der Waals surface area (Å²) >= 11 is 5.33. The highest BCUT2D eigenvalue weighted by Gasteiger charge is 2.06. The Hall–Kier alpha value is -2.73. The molecule has 0 spiro atoms. The van der Waals surface area contributed by atoms with E-state index in [4.69, 9.17) is 12.2 Å². The van der Waals surface area contributed by atoms with Gasteiger partial charge in [-0.3, -0.25) is 4.68 Å². The molecule has 3 rings (SSSR count). The minimum atomic E-state index is -0.237. The van der Waals surface area contributed by atoms with Gasteiger partial charge in [0.1, 0.15) is 5.82 Å². The smallest absolute Gasteiger partial charge is 0.176 e. The van der Waals surface area contributed by atoms with E-state index in [1.165, 1.54) is 11.6 Å². The zero-order valence-corrected chi connectivity index (χ0v) is 15.6. The summed E-state index contributed by atoms with van der Waals surface area (Å²) in [4.78, 5) is 0. The van der Waals surface area contributed by atoms with Gasteiger partial charge in [-0.05, 0) is 41.9 Å². The molecule has 1 heterocycles. The van der Waals surface area contributed by atoms with Crippen LogP contribution in [0.5, 0.6) is 0 Å². The van der Waals surface area contributed by atoms with Gasteiger partial charge in [0.25, 0.3) is 0 Å². The lowest BCUT2D eigenvalue weighted by molar-refractivity contribution is 0.586. The Labute approximate surface area is 158 Å². The normalized spacial score (nSPS) is 10.8. The van der Waals surface area contributed by atoms with Crippen molar-refractivity contribution in [3.05, 3.63) is 77.7 Å². The second kappa shape index (κ2) is 8.10. The molecule has 1 aromatic heterocycles. The number of nitrogens with zero attached hydrogens (tertiary/aromatic N) is 2. The van der Waals surface area contributed by atoms with Gasteiger partial charge in [-0.2, -0.15) is 5.10 Å². The zero-order chi connectivity index (χ0) is 18.5. The van der Waals surface area contributed by atoms with Crippen LogP contribution in [0.25, 0.3) is 0 Å². The van der Waals surface area contributed by atoms with Crippen LogP contribution < -0.4 is 10.6 Å². The summed E-state index contributed by atoms with van der Waals surface area (Å²) in [6.07, 6.45) is 1.79. The zero-order valence-electron chi connectivity index (χ0n) is 14.7. The molecule has 0 aliphatic carbocycles. The van der Waals surface area contributed by atoms with Crippen LogP contribution in [0.15, 0.2) is 60.8 Å². The molecule has 0 aliphatic heterocycles. The first-order chi connectivity index (χ1) is 12.5. The fourth-order valence-electron chi connectivity index (χ4n) is 2.55. The maximum absolute atomic E-state index is 13.7. The van der Waals surface area contributed by atoms with Crippen molar-refractivity contribution in [2.45, 2.75) is 26.3 Å². The molecule has 4 nitrogen and oxygen atoms in total. The van der Waals surface area contributed by atoms with E-state index in [1.807, 2.05) is 18.2 Å². The lowest BCUT2D eigenvalue weighted by Crippen LogP contribution is -2.19. The minimum Gasteiger partial charge on any atom is -0.332 e. The molecule has 0 saturated heterocycles. The summed E-state index contributed by atoms with van der Waals surface area (Å²) in [5.74, 6) is 0.865. The van der Waals surface area contributed by atoms with Gasteiger partial charge in [0.05, 0.1) is 6.54 Å². The Morgan fingerprint density at radius 3 is 2.50 bits per heavy atom. The monoisotopic (exact) mass is 368 g/mol. The first-order valence-electron chi connectivity index (χ1n) is 8.46. The lowest BCUT2D eigenvalue weighted by Gasteiger charge is -2.10. The number of rotatable bonds is 5. The van der Waals surface area contributed by atoms with Crippen molar-refractivity contribution in [1.29, 1.82) is 0 Å². The first kappa shape index (κ1) is 18.1. The van der Waals surface area contributed by atoms with Gasteiger partial charge in [0.2, 0.25) is 0 Å². The molecule has 26 heavy (non-hydrogen) atoms. The van der Waals surface area contributed by atoms with Crippen molar-refractivity contribution in [2.75, 3.05) is 10.6 Å². The number of aromatic nitrogens is 2. The van der Waals surface area contributed by atoms with Crippen molar-refractivity contribution in [2.24, 2.45) is 0 Å². The van der Waals surface area contributed by atoms with Gasteiger partial charge in [0.15, 0.2) is 10.9 Å². The topological polar surface area (TPSA) is 41.9 Å². The minimum absolute atomic E-state index is 0.237. The molecular weight excluding hydrogens is 347 g/mol. The van der Waals surface area contributed by atoms with Crippen molar-refractivity contribution in [3.8, 4) is 0 Å². The Balaban J connectivity index is 1.58. The predicted molar refractivity (Wildman–Crippen MR) is 108 cm³/mol. The van der Waals surface area contributed by atoms with Crippen LogP contribution in [0.3, 0.4) is 0 Å². The van der Waals surface area contributed by atoms with Crippen molar-refractivity contribution in [1.82, 2.24) is 9.78 Å². The van der Waals surface area contributed by atoms with Crippen LogP contribution in [0.4, 0.5) is 15.9 Å². The van der Waals surface area contributed by atoms with Gasteiger partial charge in [-0.1, -0.05) is 44.2 Å². The average molecular weight is 368 g/mol. The standard InChI is InChI=1S/C20H21FN4S/c1-14(2)15-7-9-17(10-8-15)22-20(26)23-19-11-12-25(24-19)13-16-5-3-4-6-18(16)21/h3-12,14H,13H2,1-2H3,(H2,22,23,24,26). The Morgan fingerprint density at radius 2 is 1.81 bits per heavy atom. The molecule has 134 valence electrons. The van der Waals surface area contributed by atoms with Crippen molar-refractivity contribution in [3.63, 3.8) is 0 Å². The maximum Gasteiger partial charge on any atom is 0.176 e. The van der Waals surface area contributed by atoms with E-state index in [2.05, 4.69) is 41.7 Å². The Morgan fingerprint density at radius 1 is 1.08 bits per heavy atom. The fraction of sp³-hybridized carbons (Fsp3) is 0.200. The maximum atomic E-state index is 13.7. The number of nitrogens with one attached hydrogen (secondary N) is 2. The number of hydrogen-bond donors (Lipinski definition) is 2. The van der Waals surface area contributed by atoms with E-state index in [-0.39, 0.29) is 5.82 Å². The second-order valence-electron chi connectivity index (χ2n) is 6.35. The molecule has 0 saturated carbocycles. The third-order valence-corrected chi connectivity index (χ3v) is 4.21. The summed E-state index contributed by atoms with van der Waals surface area (Å²) in [5, 5.41) is 11.0. The SMILES string of the molecule is CC(C)c1ccc(NC(=S)Nc2ccn(Cc3ccccc3F)n2)cc1.